The van der Waals surface area contributed by atoms with E-state index in [1.165, 1.54) is 11.1 Å². The summed E-state index contributed by atoms with van der Waals surface area (Å²) in [6.07, 6.45) is 1.40. The predicted octanol–water partition coefficient (Wildman–Crippen LogP) is 2.60. The third kappa shape index (κ3) is 1.92. The highest BCUT2D eigenvalue weighted by atomic mass is 16.5. The van der Waals surface area contributed by atoms with Crippen molar-refractivity contribution in [1.82, 2.24) is 4.90 Å². The first-order valence-electron chi connectivity index (χ1n) is 5.60. The molecule has 0 amide bonds. The lowest BCUT2D eigenvalue weighted by atomic mass is 9.92. The summed E-state index contributed by atoms with van der Waals surface area (Å²) in [6, 6.07) is 9.00. The Kier molecular flexibility index (Phi) is 3.08. The third-order valence-electron chi connectivity index (χ3n) is 3.14. The molecule has 0 bridgehead atoms. The highest BCUT2D eigenvalue weighted by Gasteiger charge is 2.30. The largest absolute Gasteiger partial charge is 0.372 e. The van der Waals surface area contributed by atoms with Crippen LogP contribution in [0.4, 0.5) is 0 Å². The Morgan fingerprint density at radius 2 is 2.07 bits per heavy atom. The lowest BCUT2D eigenvalue weighted by Crippen LogP contribution is -2.36. The smallest absolute Gasteiger partial charge is 0.0773 e. The van der Waals surface area contributed by atoms with E-state index in [1.807, 2.05) is 0 Å². The summed E-state index contributed by atoms with van der Waals surface area (Å²) in [5.41, 5.74) is 2.77. The molecule has 1 aliphatic rings. The van der Waals surface area contributed by atoms with Gasteiger partial charge in [0.15, 0.2) is 0 Å². The Morgan fingerprint density at radius 1 is 1.33 bits per heavy atom. The molecular formula is C13H19NO. The number of hydrogen-bond acceptors (Lipinski definition) is 2. The van der Waals surface area contributed by atoms with E-state index >= 15 is 0 Å². The van der Waals surface area contributed by atoms with Crippen molar-refractivity contribution in [3.8, 4) is 0 Å². The molecule has 15 heavy (non-hydrogen) atoms. The standard InChI is InChI=1S/C13H19NO/c1-4-12-13(14(2)3)11-8-6-5-7-10(11)9-15-12/h5-8,12-13H,4,9H2,1-3H3/t12-,13?/m0/s1. The number of fused-ring (bicyclic) bond motifs is 1. The molecule has 0 fully saturated rings. The lowest BCUT2D eigenvalue weighted by Gasteiger charge is -2.37. The van der Waals surface area contributed by atoms with Crippen LogP contribution in [0.1, 0.15) is 30.5 Å². The van der Waals surface area contributed by atoms with Crippen LogP contribution < -0.4 is 0 Å². The molecule has 0 N–H and O–H groups in total. The van der Waals surface area contributed by atoms with E-state index in [2.05, 4.69) is 50.2 Å². The van der Waals surface area contributed by atoms with Crippen LogP contribution >= 0.6 is 0 Å². The fourth-order valence-electron chi connectivity index (χ4n) is 2.39. The van der Waals surface area contributed by atoms with E-state index in [-0.39, 0.29) is 0 Å². The van der Waals surface area contributed by atoms with Crippen LogP contribution in [0, 0.1) is 0 Å². The predicted molar refractivity (Wildman–Crippen MR) is 61.7 cm³/mol. The van der Waals surface area contributed by atoms with Crippen LogP contribution in [0.25, 0.3) is 0 Å². The lowest BCUT2D eigenvalue weighted by molar-refractivity contribution is -0.0300. The van der Waals surface area contributed by atoms with E-state index in [9.17, 15) is 0 Å². The molecule has 1 aliphatic heterocycles. The van der Waals surface area contributed by atoms with Crippen molar-refractivity contribution in [2.24, 2.45) is 0 Å². The first kappa shape index (κ1) is 10.7. The van der Waals surface area contributed by atoms with Gasteiger partial charge in [-0.15, -0.1) is 0 Å². The average Bonchev–Trinajstić information content (AvgIpc) is 2.27. The molecule has 2 heteroatoms. The Hall–Kier alpha value is -0.860. The van der Waals surface area contributed by atoms with Crippen molar-refractivity contribution in [3.05, 3.63) is 35.4 Å². The van der Waals surface area contributed by atoms with E-state index in [0.29, 0.717) is 12.1 Å². The first-order chi connectivity index (χ1) is 7.24. The van der Waals surface area contributed by atoms with Gasteiger partial charge in [-0.05, 0) is 31.6 Å². The number of likely N-dealkylation sites (N-methyl/N-ethyl adjacent to an activating group) is 1. The molecule has 1 aromatic rings. The Bertz CT molecular complexity index is 335. The molecule has 0 aromatic heterocycles. The third-order valence-corrected chi connectivity index (χ3v) is 3.14. The van der Waals surface area contributed by atoms with Crippen molar-refractivity contribution < 1.29 is 4.74 Å². The maximum Gasteiger partial charge on any atom is 0.0773 e. The summed E-state index contributed by atoms with van der Waals surface area (Å²) < 4.78 is 5.89. The van der Waals surface area contributed by atoms with Crippen molar-refractivity contribution in [3.63, 3.8) is 0 Å². The summed E-state index contributed by atoms with van der Waals surface area (Å²) in [5, 5.41) is 0. The summed E-state index contributed by atoms with van der Waals surface area (Å²) in [7, 11) is 4.25. The minimum absolute atomic E-state index is 0.329. The number of hydrogen-bond donors (Lipinski definition) is 0. The van der Waals surface area contributed by atoms with Gasteiger partial charge in [0.25, 0.3) is 0 Å². The van der Waals surface area contributed by atoms with Crippen LogP contribution in [0.3, 0.4) is 0 Å². The van der Waals surface area contributed by atoms with Gasteiger partial charge >= 0.3 is 0 Å². The van der Waals surface area contributed by atoms with Gasteiger partial charge in [0.05, 0.1) is 18.8 Å². The van der Waals surface area contributed by atoms with Crippen LogP contribution in [0.15, 0.2) is 24.3 Å². The highest BCUT2D eigenvalue weighted by molar-refractivity contribution is 5.32. The van der Waals surface area contributed by atoms with E-state index in [1.54, 1.807) is 0 Å². The van der Waals surface area contributed by atoms with Crippen molar-refractivity contribution in [2.75, 3.05) is 14.1 Å². The molecule has 1 heterocycles. The maximum atomic E-state index is 5.89. The van der Waals surface area contributed by atoms with E-state index in [0.717, 1.165) is 13.0 Å². The molecule has 82 valence electrons. The van der Waals surface area contributed by atoms with Crippen molar-refractivity contribution >= 4 is 0 Å². The van der Waals surface area contributed by atoms with Crippen LogP contribution in [0.2, 0.25) is 0 Å². The van der Waals surface area contributed by atoms with Gasteiger partial charge in [-0.2, -0.15) is 0 Å². The summed E-state index contributed by atoms with van der Waals surface area (Å²) in [4.78, 5) is 2.26. The highest BCUT2D eigenvalue weighted by Crippen LogP contribution is 2.33. The molecule has 1 unspecified atom stereocenters. The molecule has 0 saturated carbocycles. The second-order valence-electron chi connectivity index (χ2n) is 4.36. The fourth-order valence-corrected chi connectivity index (χ4v) is 2.39. The van der Waals surface area contributed by atoms with Gasteiger partial charge < -0.3 is 9.64 Å². The number of rotatable bonds is 2. The second-order valence-corrected chi connectivity index (χ2v) is 4.36. The molecule has 0 spiro atoms. The summed E-state index contributed by atoms with van der Waals surface area (Å²) in [6.45, 7) is 2.95. The average molecular weight is 205 g/mol. The summed E-state index contributed by atoms with van der Waals surface area (Å²) in [5.74, 6) is 0. The SMILES string of the molecule is CC[C@@H]1OCc2ccccc2C1N(C)C. The molecule has 2 atom stereocenters. The minimum atomic E-state index is 0.329. The van der Waals surface area contributed by atoms with Gasteiger partial charge in [-0.1, -0.05) is 31.2 Å². The Morgan fingerprint density at radius 3 is 2.73 bits per heavy atom. The number of ether oxygens (including phenoxy) is 1. The van der Waals surface area contributed by atoms with Crippen LogP contribution in [0.5, 0.6) is 0 Å². The zero-order valence-corrected chi connectivity index (χ0v) is 9.73. The Labute approximate surface area is 91.9 Å². The zero-order chi connectivity index (χ0) is 10.8. The molecule has 0 aliphatic carbocycles. The second kappa shape index (κ2) is 4.33. The van der Waals surface area contributed by atoms with Gasteiger partial charge in [0.2, 0.25) is 0 Å². The molecular weight excluding hydrogens is 186 g/mol. The monoisotopic (exact) mass is 205 g/mol. The normalized spacial score (nSPS) is 25.3. The van der Waals surface area contributed by atoms with Crippen LogP contribution in [-0.4, -0.2) is 25.1 Å². The number of nitrogens with zero attached hydrogens (tertiary/aromatic N) is 1. The minimum Gasteiger partial charge on any atom is -0.372 e. The topological polar surface area (TPSA) is 12.5 Å². The van der Waals surface area contributed by atoms with Gasteiger partial charge in [-0.3, -0.25) is 0 Å². The molecule has 0 saturated heterocycles. The van der Waals surface area contributed by atoms with Crippen molar-refractivity contribution in [1.29, 1.82) is 0 Å². The van der Waals surface area contributed by atoms with Gasteiger partial charge in [-0.25, -0.2) is 0 Å². The Balaban J connectivity index is 2.38. The molecule has 1 aromatic carbocycles. The quantitative estimate of drug-likeness (QED) is 0.736. The van der Waals surface area contributed by atoms with Crippen LogP contribution in [-0.2, 0) is 11.3 Å². The van der Waals surface area contributed by atoms with E-state index in [4.69, 9.17) is 4.74 Å². The van der Waals surface area contributed by atoms with Gasteiger partial charge in [0.1, 0.15) is 0 Å². The number of benzene rings is 1. The zero-order valence-electron chi connectivity index (χ0n) is 9.73. The van der Waals surface area contributed by atoms with Gasteiger partial charge in [0, 0.05) is 0 Å². The fraction of sp³-hybridized carbons (Fsp3) is 0.538. The molecule has 2 rings (SSSR count). The van der Waals surface area contributed by atoms with E-state index < -0.39 is 0 Å². The first-order valence-corrected chi connectivity index (χ1v) is 5.60. The van der Waals surface area contributed by atoms with Crippen molar-refractivity contribution in [2.45, 2.75) is 32.1 Å². The molecule has 0 radical (unpaired) electrons. The maximum absolute atomic E-state index is 5.89. The molecule has 2 nitrogen and oxygen atoms in total. The summed E-state index contributed by atoms with van der Waals surface area (Å²) >= 11 is 0.